The molecule has 0 bridgehead atoms. The van der Waals surface area contributed by atoms with Crippen molar-refractivity contribution in [3.05, 3.63) is 40.7 Å². The van der Waals surface area contributed by atoms with Gasteiger partial charge in [0.15, 0.2) is 5.82 Å². The van der Waals surface area contributed by atoms with Crippen LogP contribution >= 0.6 is 11.6 Å². The summed E-state index contributed by atoms with van der Waals surface area (Å²) in [5.74, 6) is -2.63. The maximum atomic E-state index is 14.9. The maximum absolute atomic E-state index is 14.9. The summed E-state index contributed by atoms with van der Waals surface area (Å²) in [6.07, 6.45) is -4.94. The van der Waals surface area contributed by atoms with Crippen molar-refractivity contribution in [1.29, 1.82) is 5.26 Å². The number of nitrogens with zero attached hydrogens (tertiary/aromatic N) is 3. The van der Waals surface area contributed by atoms with E-state index in [9.17, 15) is 30.8 Å². The van der Waals surface area contributed by atoms with Crippen molar-refractivity contribution in [1.82, 2.24) is 14.3 Å². The Kier molecular flexibility index (Phi) is 5.76. The molecule has 1 aliphatic rings. The quantitative estimate of drug-likeness (QED) is 0.505. The molecular formula is C17H14ClF4N5O3S. The van der Waals surface area contributed by atoms with Gasteiger partial charge in [-0.1, -0.05) is 11.6 Å². The van der Waals surface area contributed by atoms with Gasteiger partial charge in [-0.25, -0.2) is 17.8 Å². The maximum Gasteiger partial charge on any atom is 0.407 e. The number of nitrogens with one attached hydrogen (secondary N) is 2. The van der Waals surface area contributed by atoms with Gasteiger partial charge >= 0.3 is 6.18 Å². The smallest absolute Gasteiger partial charge is 0.343 e. The highest BCUT2D eigenvalue weighted by Gasteiger charge is 2.60. The van der Waals surface area contributed by atoms with Crippen LogP contribution in [0.25, 0.3) is 0 Å². The van der Waals surface area contributed by atoms with E-state index in [-0.39, 0.29) is 23.0 Å². The van der Waals surface area contributed by atoms with E-state index in [0.29, 0.717) is 6.20 Å². The number of hydrogen-bond acceptors (Lipinski definition) is 5. The summed E-state index contributed by atoms with van der Waals surface area (Å²) in [7, 11) is -3.79. The Hall–Kier alpha value is -2.69. The molecule has 166 valence electrons. The summed E-state index contributed by atoms with van der Waals surface area (Å²) in [4.78, 5) is 15.1. The van der Waals surface area contributed by atoms with Crippen molar-refractivity contribution in [2.24, 2.45) is 7.05 Å². The minimum Gasteiger partial charge on any atom is -0.343 e. The third-order valence-electron chi connectivity index (χ3n) is 4.84. The summed E-state index contributed by atoms with van der Waals surface area (Å²) in [5, 5.41) is 11.0. The molecule has 31 heavy (non-hydrogen) atoms. The molecule has 0 aromatic carbocycles. The SMILES string of the molecule is Cn1cc(S(=O)(=O)NC2(C(F)(F)F)CCC2)c(F)c1C(=O)Nc1cc(Cl)nc(C#N)c1. The molecule has 1 saturated carbocycles. The second-order valence-electron chi connectivity index (χ2n) is 6.94. The van der Waals surface area contributed by atoms with Crippen molar-refractivity contribution < 1.29 is 30.8 Å². The molecular weight excluding hydrogens is 466 g/mol. The van der Waals surface area contributed by atoms with Crippen LogP contribution in [-0.2, 0) is 17.1 Å². The van der Waals surface area contributed by atoms with Gasteiger partial charge in [0.2, 0.25) is 10.0 Å². The molecule has 14 heteroatoms. The van der Waals surface area contributed by atoms with Crippen LogP contribution in [0.15, 0.2) is 23.2 Å². The van der Waals surface area contributed by atoms with Gasteiger partial charge < -0.3 is 9.88 Å². The fourth-order valence-corrected chi connectivity index (χ4v) is 4.90. The molecule has 2 heterocycles. The first-order valence-corrected chi connectivity index (χ1v) is 10.5. The predicted molar refractivity (Wildman–Crippen MR) is 100 cm³/mol. The minimum absolute atomic E-state index is 0.0184. The van der Waals surface area contributed by atoms with E-state index in [2.05, 4.69) is 10.3 Å². The van der Waals surface area contributed by atoms with E-state index in [1.165, 1.54) is 6.07 Å². The van der Waals surface area contributed by atoms with Crippen molar-refractivity contribution in [3.63, 3.8) is 0 Å². The summed E-state index contributed by atoms with van der Waals surface area (Å²) >= 11 is 5.73. The number of hydrogen-bond donors (Lipinski definition) is 2. The number of carbonyl (C=O) groups excluding carboxylic acids is 1. The number of halogens is 5. The fraction of sp³-hybridized carbons (Fsp3) is 0.353. The van der Waals surface area contributed by atoms with Gasteiger partial charge in [0.1, 0.15) is 33.0 Å². The van der Waals surface area contributed by atoms with Gasteiger partial charge in [0.05, 0.1) is 0 Å². The Morgan fingerprint density at radius 2 is 2.00 bits per heavy atom. The van der Waals surface area contributed by atoms with Crippen molar-refractivity contribution >= 4 is 33.2 Å². The lowest BCUT2D eigenvalue weighted by Gasteiger charge is -2.43. The third kappa shape index (κ3) is 4.23. The molecule has 1 amide bonds. The normalized spacial score (nSPS) is 15.8. The number of anilines is 1. The largest absolute Gasteiger partial charge is 0.407 e. The van der Waals surface area contributed by atoms with E-state index in [1.807, 2.05) is 0 Å². The highest BCUT2D eigenvalue weighted by molar-refractivity contribution is 7.89. The van der Waals surface area contributed by atoms with Crippen LogP contribution in [0.1, 0.15) is 35.4 Å². The monoisotopic (exact) mass is 479 g/mol. The van der Waals surface area contributed by atoms with Crippen LogP contribution in [0.5, 0.6) is 0 Å². The Morgan fingerprint density at radius 1 is 1.35 bits per heavy atom. The van der Waals surface area contributed by atoms with Gasteiger partial charge in [0, 0.05) is 18.9 Å². The van der Waals surface area contributed by atoms with Crippen molar-refractivity contribution in [2.75, 3.05) is 5.32 Å². The molecule has 0 saturated heterocycles. The molecule has 0 spiro atoms. The van der Waals surface area contributed by atoms with Gasteiger partial charge in [-0.3, -0.25) is 4.79 Å². The summed E-state index contributed by atoms with van der Waals surface area (Å²) in [5.41, 5.74) is -3.57. The number of amides is 1. The van der Waals surface area contributed by atoms with E-state index < -0.39 is 56.9 Å². The Balaban J connectivity index is 1.92. The van der Waals surface area contributed by atoms with Crippen LogP contribution < -0.4 is 10.0 Å². The van der Waals surface area contributed by atoms with Gasteiger partial charge in [0.25, 0.3) is 5.91 Å². The first-order chi connectivity index (χ1) is 14.3. The van der Waals surface area contributed by atoms with Crippen LogP contribution in [0, 0.1) is 17.1 Å². The molecule has 3 rings (SSSR count). The average Bonchev–Trinajstić information content (AvgIpc) is 2.91. The van der Waals surface area contributed by atoms with Crippen LogP contribution in [-0.4, -0.2) is 35.6 Å². The molecule has 2 N–H and O–H groups in total. The van der Waals surface area contributed by atoms with Gasteiger partial charge in [-0.15, -0.1) is 0 Å². The molecule has 0 aliphatic heterocycles. The topological polar surface area (TPSA) is 117 Å². The van der Waals surface area contributed by atoms with Crippen LogP contribution in [0.2, 0.25) is 5.15 Å². The Bertz CT molecular complexity index is 1200. The molecule has 2 aromatic heterocycles. The summed E-state index contributed by atoms with van der Waals surface area (Å²) in [6, 6.07) is 4.02. The standard InChI is InChI=1S/C17H14ClF4N5O3S/c1-27-8-11(31(29,30)26-16(3-2-4-16)17(20,21)22)13(19)14(27)15(28)25-9-5-10(7-23)24-12(18)6-9/h5-6,8,26H,2-4H2,1H3,(H,24,25,28). The second-order valence-corrected chi connectivity index (χ2v) is 8.97. The molecule has 1 aliphatic carbocycles. The summed E-state index contributed by atoms with van der Waals surface area (Å²) in [6.45, 7) is 0. The number of aryl methyl sites for hydroxylation is 1. The van der Waals surface area contributed by atoms with E-state index in [0.717, 1.165) is 17.7 Å². The zero-order chi connectivity index (χ0) is 23.2. The fourth-order valence-electron chi connectivity index (χ4n) is 3.12. The van der Waals surface area contributed by atoms with E-state index >= 15 is 0 Å². The number of sulfonamides is 1. The average molecular weight is 480 g/mol. The second kappa shape index (κ2) is 7.77. The highest BCUT2D eigenvalue weighted by atomic mass is 35.5. The number of nitriles is 1. The van der Waals surface area contributed by atoms with E-state index in [1.54, 1.807) is 10.8 Å². The lowest BCUT2D eigenvalue weighted by Crippen LogP contribution is -2.62. The van der Waals surface area contributed by atoms with E-state index in [4.69, 9.17) is 16.9 Å². The zero-order valence-corrected chi connectivity index (χ0v) is 17.3. The molecule has 8 nitrogen and oxygen atoms in total. The number of rotatable bonds is 5. The van der Waals surface area contributed by atoms with Crippen LogP contribution in [0.3, 0.4) is 0 Å². The van der Waals surface area contributed by atoms with Gasteiger partial charge in [-0.05, 0) is 31.4 Å². The Morgan fingerprint density at radius 3 is 2.52 bits per heavy atom. The summed E-state index contributed by atoms with van der Waals surface area (Å²) < 4.78 is 82.3. The van der Waals surface area contributed by atoms with Gasteiger partial charge in [-0.2, -0.15) is 23.2 Å². The zero-order valence-electron chi connectivity index (χ0n) is 15.7. The number of aromatic nitrogens is 2. The molecule has 0 atom stereocenters. The molecule has 2 aromatic rings. The van der Waals surface area contributed by atoms with Crippen LogP contribution in [0.4, 0.5) is 23.2 Å². The Labute approximate surface area is 178 Å². The predicted octanol–water partition coefficient (Wildman–Crippen LogP) is 3.10. The highest BCUT2D eigenvalue weighted by Crippen LogP contribution is 2.46. The minimum atomic E-state index is -4.94. The van der Waals surface area contributed by atoms with Crippen molar-refractivity contribution in [2.45, 2.75) is 35.9 Å². The number of alkyl halides is 3. The molecule has 1 fully saturated rings. The first kappa shape index (κ1) is 23.0. The number of pyridine rings is 1. The lowest BCUT2D eigenvalue weighted by molar-refractivity contribution is -0.212. The number of carbonyl (C=O) groups is 1. The molecule has 0 unspecified atom stereocenters. The molecule has 0 radical (unpaired) electrons. The third-order valence-corrected chi connectivity index (χ3v) is 6.56. The first-order valence-electron chi connectivity index (χ1n) is 8.64. The van der Waals surface area contributed by atoms with Crippen molar-refractivity contribution in [3.8, 4) is 6.07 Å². The lowest BCUT2D eigenvalue weighted by atomic mass is 9.77.